The summed E-state index contributed by atoms with van der Waals surface area (Å²) in [6.07, 6.45) is 2.26. The number of rotatable bonds is 4. The minimum Gasteiger partial charge on any atom is -0.350 e. The highest BCUT2D eigenvalue weighted by Gasteiger charge is 2.28. The van der Waals surface area contributed by atoms with Crippen molar-refractivity contribution >= 4 is 21.8 Å². The summed E-state index contributed by atoms with van der Waals surface area (Å²) in [6.45, 7) is 0.402. The molecule has 1 fully saturated rings. The van der Waals surface area contributed by atoms with Gasteiger partial charge in [-0.1, -0.05) is 15.9 Å². The van der Waals surface area contributed by atoms with Crippen molar-refractivity contribution in [2.75, 3.05) is 6.54 Å². The normalized spacial score (nSPS) is 16.6. The zero-order chi connectivity index (χ0) is 12.4. The lowest BCUT2D eigenvalue weighted by atomic mass is 10.1. The zero-order valence-corrected chi connectivity index (χ0v) is 10.8. The molecule has 1 aliphatic rings. The van der Waals surface area contributed by atoms with Gasteiger partial charge in [-0.15, -0.1) is 0 Å². The SMILES string of the molecule is NC(CNC(=O)c1ccc(Br)cc1F)C1CC1. The lowest BCUT2D eigenvalue weighted by Gasteiger charge is -2.11. The van der Waals surface area contributed by atoms with Crippen LogP contribution in [0.4, 0.5) is 4.39 Å². The van der Waals surface area contributed by atoms with E-state index in [9.17, 15) is 9.18 Å². The molecule has 1 saturated carbocycles. The number of nitrogens with one attached hydrogen (secondary N) is 1. The van der Waals surface area contributed by atoms with Gasteiger partial charge in [0.05, 0.1) is 5.56 Å². The Kier molecular flexibility index (Phi) is 3.79. The van der Waals surface area contributed by atoms with Crippen LogP contribution in [-0.4, -0.2) is 18.5 Å². The lowest BCUT2D eigenvalue weighted by Crippen LogP contribution is -2.38. The van der Waals surface area contributed by atoms with E-state index in [1.165, 1.54) is 12.1 Å². The van der Waals surface area contributed by atoms with Crippen molar-refractivity contribution < 1.29 is 9.18 Å². The van der Waals surface area contributed by atoms with Crippen LogP contribution in [0, 0.1) is 11.7 Å². The van der Waals surface area contributed by atoms with Gasteiger partial charge in [-0.25, -0.2) is 4.39 Å². The highest BCUT2D eigenvalue weighted by Crippen LogP contribution is 2.31. The van der Waals surface area contributed by atoms with Crippen molar-refractivity contribution in [3.63, 3.8) is 0 Å². The number of amides is 1. The van der Waals surface area contributed by atoms with Crippen molar-refractivity contribution in [3.8, 4) is 0 Å². The molecule has 0 aromatic heterocycles. The maximum absolute atomic E-state index is 13.5. The Labute approximate surface area is 108 Å². The van der Waals surface area contributed by atoms with E-state index in [2.05, 4.69) is 21.2 Å². The molecule has 0 aliphatic heterocycles. The average Bonchev–Trinajstić information content (AvgIpc) is 3.09. The van der Waals surface area contributed by atoms with Crippen LogP contribution < -0.4 is 11.1 Å². The summed E-state index contributed by atoms with van der Waals surface area (Å²) >= 11 is 3.14. The number of benzene rings is 1. The molecule has 0 bridgehead atoms. The minimum absolute atomic E-state index is 0.0162. The summed E-state index contributed by atoms with van der Waals surface area (Å²) in [5.74, 6) is -0.423. The summed E-state index contributed by atoms with van der Waals surface area (Å²) in [5, 5.41) is 2.66. The Hall–Kier alpha value is -0.940. The molecule has 92 valence electrons. The smallest absolute Gasteiger partial charge is 0.254 e. The van der Waals surface area contributed by atoms with Crippen molar-refractivity contribution in [3.05, 3.63) is 34.1 Å². The third-order valence-corrected chi connectivity index (χ3v) is 3.39. The second kappa shape index (κ2) is 5.14. The Morgan fingerprint density at radius 2 is 2.29 bits per heavy atom. The minimum atomic E-state index is -0.531. The van der Waals surface area contributed by atoms with Crippen LogP contribution >= 0.6 is 15.9 Å². The second-order valence-electron chi connectivity index (χ2n) is 4.34. The maximum Gasteiger partial charge on any atom is 0.254 e. The molecule has 1 aromatic carbocycles. The fourth-order valence-electron chi connectivity index (χ4n) is 1.67. The first-order valence-corrected chi connectivity index (χ1v) is 6.36. The van der Waals surface area contributed by atoms with Crippen LogP contribution in [0.3, 0.4) is 0 Å². The molecule has 1 aromatic rings. The molecule has 0 spiro atoms. The molecule has 2 rings (SSSR count). The van der Waals surface area contributed by atoms with Gasteiger partial charge >= 0.3 is 0 Å². The molecular formula is C12H14BrFN2O. The first-order chi connectivity index (χ1) is 8.08. The van der Waals surface area contributed by atoms with Crippen molar-refractivity contribution in [2.45, 2.75) is 18.9 Å². The first-order valence-electron chi connectivity index (χ1n) is 5.57. The van der Waals surface area contributed by atoms with Crippen LogP contribution in [0.25, 0.3) is 0 Å². The third kappa shape index (κ3) is 3.26. The van der Waals surface area contributed by atoms with Crippen LogP contribution in [0.5, 0.6) is 0 Å². The van der Waals surface area contributed by atoms with Crippen molar-refractivity contribution in [1.82, 2.24) is 5.32 Å². The summed E-state index contributed by atoms with van der Waals surface area (Å²) < 4.78 is 14.1. The van der Waals surface area contributed by atoms with Crippen molar-refractivity contribution in [1.29, 1.82) is 0 Å². The largest absolute Gasteiger partial charge is 0.350 e. The fourth-order valence-corrected chi connectivity index (χ4v) is 2.00. The van der Waals surface area contributed by atoms with Crippen LogP contribution in [0.1, 0.15) is 23.2 Å². The third-order valence-electron chi connectivity index (χ3n) is 2.90. The lowest BCUT2D eigenvalue weighted by molar-refractivity contribution is 0.0946. The molecule has 0 saturated heterocycles. The summed E-state index contributed by atoms with van der Waals surface area (Å²) in [6, 6.07) is 4.35. The van der Waals surface area contributed by atoms with Gasteiger partial charge in [0.2, 0.25) is 0 Å². The van der Waals surface area contributed by atoms with Crippen LogP contribution in [-0.2, 0) is 0 Å². The van der Waals surface area contributed by atoms with Crippen LogP contribution in [0.2, 0.25) is 0 Å². The molecule has 1 unspecified atom stereocenters. The molecule has 17 heavy (non-hydrogen) atoms. The van der Waals surface area contributed by atoms with Gasteiger partial charge in [0.25, 0.3) is 5.91 Å². The standard InChI is InChI=1S/C12H14BrFN2O/c13-8-3-4-9(10(14)5-8)12(17)16-6-11(15)7-1-2-7/h3-5,7,11H,1-2,6,15H2,(H,16,17). The molecule has 3 N–H and O–H groups in total. The molecule has 1 atom stereocenters. The zero-order valence-electron chi connectivity index (χ0n) is 9.25. The van der Waals surface area contributed by atoms with Gasteiger partial charge in [-0.3, -0.25) is 4.79 Å². The van der Waals surface area contributed by atoms with E-state index in [-0.39, 0.29) is 11.6 Å². The number of carbonyl (C=O) groups is 1. The summed E-state index contributed by atoms with van der Waals surface area (Å²) in [5.41, 5.74) is 5.90. The van der Waals surface area contributed by atoms with E-state index in [4.69, 9.17) is 5.73 Å². The van der Waals surface area contributed by atoms with Gasteiger partial charge < -0.3 is 11.1 Å². The van der Waals surface area contributed by atoms with Gasteiger partial charge in [0.1, 0.15) is 5.82 Å². The Bertz CT molecular complexity index is 435. The number of carbonyl (C=O) groups excluding carboxylic acids is 1. The molecule has 0 heterocycles. The van der Waals surface area contributed by atoms with Gasteiger partial charge in [0, 0.05) is 17.1 Å². The van der Waals surface area contributed by atoms with Gasteiger partial charge in [-0.05, 0) is 37.0 Å². The maximum atomic E-state index is 13.5. The van der Waals surface area contributed by atoms with Gasteiger partial charge in [-0.2, -0.15) is 0 Å². The number of hydrogen-bond donors (Lipinski definition) is 2. The summed E-state index contributed by atoms with van der Waals surface area (Å²) in [7, 11) is 0. The number of nitrogens with two attached hydrogens (primary N) is 1. The van der Waals surface area contributed by atoms with E-state index in [0.717, 1.165) is 12.8 Å². The Morgan fingerprint density at radius 3 is 2.88 bits per heavy atom. The first kappa shape index (κ1) is 12.5. The molecule has 1 aliphatic carbocycles. The average molecular weight is 301 g/mol. The molecule has 1 amide bonds. The molecule has 3 nitrogen and oxygen atoms in total. The Morgan fingerprint density at radius 1 is 1.59 bits per heavy atom. The van der Waals surface area contributed by atoms with E-state index < -0.39 is 11.7 Å². The highest BCUT2D eigenvalue weighted by molar-refractivity contribution is 9.10. The topological polar surface area (TPSA) is 55.1 Å². The summed E-state index contributed by atoms with van der Waals surface area (Å²) in [4.78, 5) is 11.7. The highest BCUT2D eigenvalue weighted by atomic mass is 79.9. The predicted octanol–water partition coefficient (Wildman–Crippen LogP) is 2.06. The predicted molar refractivity (Wildman–Crippen MR) is 67.1 cm³/mol. The van der Waals surface area contributed by atoms with Crippen LogP contribution in [0.15, 0.2) is 22.7 Å². The number of halogens is 2. The van der Waals surface area contributed by atoms with E-state index in [1.807, 2.05) is 0 Å². The molecular weight excluding hydrogens is 287 g/mol. The van der Waals surface area contributed by atoms with Crippen molar-refractivity contribution in [2.24, 2.45) is 11.7 Å². The monoisotopic (exact) mass is 300 g/mol. The van der Waals surface area contributed by atoms with E-state index >= 15 is 0 Å². The molecule has 5 heteroatoms. The Balaban J connectivity index is 1.94. The quantitative estimate of drug-likeness (QED) is 0.894. The fraction of sp³-hybridized carbons (Fsp3) is 0.417. The number of hydrogen-bond acceptors (Lipinski definition) is 2. The van der Waals surface area contributed by atoms with E-state index in [0.29, 0.717) is 16.9 Å². The van der Waals surface area contributed by atoms with E-state index in [1.54, 1.807) is 6.07 Å². The second-order valence-corrected chi connectivity index (χ2v) is 5.25. The molecule has 0 radical (unpaired) electrons. The van der Waals surface area contributed by atoms with Gasteiger partial charge in [0.15, 0.2) is 0 Å².